The number of carboxylic acid groups (broad SMARTS) is 1. The van der Waals surface area contributed by atoms with Crippen molar-refractivity contribution in [3.8, 4) is 0 Å². The molecule has 0 radical (unpaired) electrons. The minimum absolute atomic E-state index is 0.236. The molecule has 7 heteroatoms. The molecule has 1 aliphatic heterocycles. The molecular formula is C22H19N3O4. The lowest BCUT2D eigenvalue weighted by Gasteiger charge is -2.06. The molecule has 29 heavy (non-hydrogen) atoms. The Morgan fingerprint density at radius 1 is 1.14 bits per heavy atom. The molecule has 1 aliphatic rings. The van der Waals surface area contributed by atoms with Crippen LogP contribution >= 0.6 is 0 Å². The monoisotopic (exact) mass is 389 g/mol. The van der Waals surface area contributed by atoms with Gasteiger partial charge in [-0.25, -0.2) is 9.59 Å². The molecule has 0 spiro atoms. The SMILES string of the molecule is CCN1C(=O)N/C(=C\c2cn(Cc3cccc(C(=O)O)c3)c3ccccc23)C1=O. The van der Waals surface area contributed by atoms with E-state index in [4.69, 9.17) is 0 Å². The highest BCUT2D eigenvalue weighted by atomic mass is 16.4. The van der Waals surface area contributed by atoms with Gasteiger partial charge in [0.2, 0.25) is 0 Å². The molecular weight excluding hydrogens is 370 g/mol. The minimum Gasteiger partial charge on any atom is -0.478 e. The fourth-order valence-electron chi connectivity index (χ4n) is 3.53. The zero-order chi connectivity index (χ0) is 20.5. The van der Waals surface area contributed by atoms with Gasteiger partial charge in [0.1, 0.15) is 5.70 Å². The largest absolute Gasteiger partial charge is 0.478 e. The second-order valence-corrected chi connectivity index (χ2v) is 6.77. The first-order chi connectivity index (χ1) is 14.0. The van der Waals surface area contributed by atoms with Gasteiger partial charge in [-0.05, 0) is 36.8 Å². The number of hydrogen-bond acceptors (Lipinski definition) is 3. The first-order valence-corrected chi connectivity index (χ1v) is 9.22. The van der Waals surface area contributed by atoms with Gasteiger partial charge in [-0.2, -0.15) is 0 Å². The number of imide groups is 1. The molecule has 3 amide bonds. The Labute approximate surface area is 166 Å². The van der Waals surface area contributed by atoms with Crippen LogP contribution in [0.5, 0.6) is 0 Å². The Morgan fingerprint density at radius 3 is 2.66 bits per heavy atom. The van der Waals surface area contributed by atoms with Gasteiger partial charge in [0.05, 0.1) is 5.56 Å². The summed E-state index contributed by atoms with van der Waals surface area (Å²) in [5, 5.41) is 12.8. The quantitative estimate of drug-likeness (QED) is 0.517. The molecule has 146 valence electrons. The number of rotatable bonds is 5. The van der Waals surface area contributed by atoms with E-state index in [2.05, 4.69) is 5.32 Å². The van der Waals surface area contributed by atoms with E-state index in [0.29, 0.717) is 13.1 Å². The highest BCUT2D eigenvalue weighted by molar-refractivity contribution is 6.14. The predicted octanol–water partition coefficient (Wildman–Crippen LogP) is 3.30. The van der Waals surface area contributed by atoms with E-state index in [1.54, 1.807) is 31.2 Å². The topological polar surface area (TPSA) is 91.6 Å². The number of aromatic carboxylic acids is 1. The summed E-state index contributed by atoms with van der Waals surface area (Å²) in [6.07, 6.45) is 3.58. The molecule has 0 unspecified atom stereocenters. The summed E-state index contributed by atoms with van der Waals surface area (Å²) < 4.78 is 2.00. The van der Waals surface area contributed by atoms with E-state index >= 15 is 0 Å². The van der Waals surface area contributed by atoms with Crippen LogP contribution in [0.1, 0.15) is 28.4 Å². The molecule has 1 aromatic heterocycles. The van der Waals surface area contributed by atoms with Crippen LogP contribution in [0.25, 0.3) is 17.0 Å². The van der Waals surface area contributed by atoms with Crippen molar-refractivity contribution in [3.05, 3.63) is 77.1 Å². The number of fused-ring (bicyclic) bond motifs is 1. The maximum atomic E-state index is 12.4. The molecule has 0 atom stereocenters. The predicted molar refractivity (Wildman–Crippen MR) is 108 cm³/mol. The lowest BCUT2D eigenvalue weighted by Crippen LogP contribution is -2.30. The van der Waals surface area contributed by atoms with Gasteiger partial charge < -0.3 is 15.0 Å². The molecule has 2 heterocycles. The molecule has 3 aromatic rings. The second-order valence-electron chi connectivity index (χ2n) is 6.77. The highest BCUT2D eigenvalue weighted by Gasteiger charge is 2.32. The summed E-state index contributed by atoms with van der Waals surface area (Å²) in [5.74, 6) is -1.31. The first kappa shape index (κ1) is 18.5. The third kappa shape index (κ3) is 3.38. The van der Waals surface area contributed by atoms with E-state index in [1.807, 2.05) is 41.1 Å². The fourth-order valence-corrected chi connectivity index (χ4v) is 3.53. The van der Waals surface area contributed by atoms with E-state index < -0.39 is 12.0 Å². The highest BCUT2D eigenvalue weighted by Crippen LogP contribution is 2.25. The summed E-state index contributed by atoms with van der Waals surface area (Å²) in [6.45, 7) is 2.54. The van der Waals surface area contributed by atoms with Gasteiger partial charge in [-0.1, -0.05) is 30.3 Å². The van der Waals surface area contributed by atoms with Crippen LogP contribution in [0.3, 0.4) is 0 Å². The Bertz CT molecular complexity index is 1180. The smallest absolute Gasteiger partial charge is 0.335 e. The normalized spacial score (nSPS) is 15.3. The Kier molecular flexibility index (Phi) is 4.64. The van der Waals surface area contributed by atoms with Crippen LogP contribution in [-0.2, 0) is 11.3 Å². The molecule has 0 saturated carbocycles. The van der Waals surface area contributed by atoms with Crippen LogP contribution in [0, 0.1) is 0 Å². The number of carbonyl (C=O) groups excluding carboxylic acids is 2. The number of carbonyl (C=O) groups is 3. The molecule has 2 aromatic carbocycles. The zero-order valence-corrected chi connectivity index (χ0v) is 15.8. The average Bonchev–Trinajstić information content (AvgIpc) is 3.19. The molecule has 0 bridgehead atoms. The van der Waals surface area contributed by atoms with Gasteiger partial charge in [-0.15, -0.1) is 0 Å². The molecule has 1 fully saturated rings. The van der Waals surface area contributed by atoms with E-state index in [1.165, 1.54) is 0 Å². The number of para-hydroxylation sites is 1. The Morgan fingerprint density at radius 2 is 1.93 bits per heavy atom. The van der Waals surface area contributed by atoms with Crippen molar-refractivity contribution in [3.63, 3.8) is 0 Å². The van der Waals surface area contributed by atoms with Crippen molar-refractivity contribution in [2.75, 3.05) is 6.54 Å². The summed E-state index contributed by atoms with van der Waals surface area (Å²) in [4.78, 5) is 36.7. The van der Waals surface area contributed by atoms with E-state index in [0.717, 1.165) is 26.9 Å². The number of carboxylic acids is 1. The maximum Gasteiger partial charge on any atom is 0.335 e. The second kappa shape index (κ2) is 7.27. The van der Waals surface area contributed by atoms with E-state index in [9.17, 15) is 19.5 Å². The van der Waals surface area contributed by atoms with Gasteiger partial charge in [0.25, 0.3) is 5.91 Å². The third-order valence-corrected chi connectivity index (χ3v) is 4.92. The molecule has 7 nitrogen and oxygen atoms in total. The maximum absolute atomic E-state index is 12.4. The van der Waals surface area contributed by atoms with Crippen molar-refractivity contribution in [2.24, 2.45) is 0 Å². The first-order valence-electron chi connectivity index (χ1n) is 9.22. The average molecular weight is 389 g/mol. The standard InChI is InChI=1S/C22H19N3O4/c1-2-25-20(26)18(23-22(25)29)11-16-13-24(19-9-4-3-8-17(16)19)12-14-6-5-7-15(10-14)21(27)28/h3-11,13H,2,12H2,1H3,(H,23,29)(H,27,28)/b18-11-. The van der Waals surface area contributed by atoms with Crippen molar-refractivity contribution in [1.29, 1.82) is 0 Å². The van der Waals surface area contributed by atoms with Crippen LogP contribution < -0.4 is 5.32 Å². The summed E-state index contributed by atoms with van der Waals surface area (Å²) >= 11 is 0. The van der Waals surface area contributed by atoms with Crippen LogP contribution in [0.15, 0.2) is 60.4 Å². The number of hydrogen-bond donors (Lipinski definition) is 2. The third-order valence-electron chi connectivity index (χ3n) is 4.92. The number of urea groups is 1. The number of aromatic nitrogens is 1. The summed E-state index contributed by atoms with van der Waals surface area (Å²) in [5.41, 5.74) is 3.08. The summed E-state index contributed by atoms with van der Waals surface area (Å²) in [6, 6.07) is 14.1. The molecule has 0 aliphatic carbocycles. The number of benzene rings is 2. The zero-order valence-electron chi connectivity index (χ0n) is 15.8. The molecule has 2 N–H and O–H groups in total. The molecule has 4 rings (SSSR count). The van der Waals surface area contributed by atoms with E-state index in [-0.39, 0.29) is 17.2 Å². The van der Waals surface area contributed by atoms with Crippen molar-refractivity contribution in [1.82, 2.24) is 14.8 Å². The number of likely N-dealkylation sites (N-methyl/N-ethyl adjacent to an activating group) is 1. The molecule has 1 saturated heterocycles. The number of nitrogens with zero attached hydrogens (tertiary/aromatic N) is 2. The Hall–Kier alpha value is -3.87. The van der Waals surface area contributed by atoms with Crippen LogP contribution in [0.4, 0.5) is 4.79 Å². The van der Waals surface area contributed by atoms with Gasteiger partial charge >= 0.3 is 12.0 Å². The minimum atomic E-state index is -0.967. The summed E-state index contributed by atoms with van der Waals surface area (Å²) in [7, 11) is 0. The van der Waals surface area contributed by atoms with Crippen LogP contribution in [-0.4, -0.2) is 39.0 Å². The number of amides is 3. The lowest BCUT2D eigenvalue weighted by molar-refractivity contribution is -0.122. The van der Waals surface area contributed by atoms with Crippen LogP contribution in [0.2, 0.25) is 0 Å². The van der Waals surface area contributed by atoms with Gasteiger partial charge in [0.15, 0.2) is 0 Å². The van der Waals surface area contributed by atoms with Gasteiger partial charge in [0, 0.05) is 35.8 Å². The lowest BCUT2D eigenvalue weighted by atomic mass is 10.1. The van der Waals surface area contributed by atoms with Gasteiger partial charge in [-0.3, -0.25) is 9.69 Å². The Balaban J connectivity index is 1.74. The van der Waals surface area contributed by atoms with Crippen molar-refractivity contribution in [2.45, 2.75) is 13.5 Å². The van der Waals surface area contributed by atoms with Crippen molar-refractivity contribution < 1.29 is 19.5 Å². The van der Waals surface area contributed by atoms with Crippen molar-refractivity contribution >= 4 is 34.9 Å². The number of nitrogens with one attached hydrogen (secondary N) is 1. The fraction of sp³-hybridized carbons (Fsp3) is 0.136.